The summed E-state index contributed by atoms with van der Waals surface area (Å²) in [7, 11) is 0. The summed E-state index contributed by atoms with van der Waals surface area (Å²) in [4.78, 5) is 47.9. The number of amides is 2. The van der Waals surface area contributed by atoms with Crippen LogP contribution in [0.1, 0.15) is 44.7 Å². The largest absolute Gasteiger partial charge is 0.484 e. The van der Waals surface area contributed by atoms with Crippen LogP contribution >= 0.6 is 0 Å². The number of aliphatic carboxylic acids is 1. The number of carbonyl (C=O) groups excluding carboxylic acids is 2. The van der Waals surface area contributed by atoms with Gasteiger partial charge < -0.3 is 24.9 Å². The molecule has 1 aromatic heterocycles. The van der Waals surface area contributed by atoms with Gasteiger partial charge in [-0.1, -0.05) is 13.8 Å². The molecule has 0 bridgehead atoms. The summed E-state index contributed by atoms with van der Waals surface area (Å²) in [6.07, 6.45) is 3.56. The van der Waals surface area contributed by atoms with E-state index in [1.165, 1.54) is 6.92 Å². The smallest absolute Gasteiger partial charge is 0.339 e. The Labute approximate surface area is 185 Å². The number of fused-ring (bicyclic) bond motifs is 3. The second kappa shape index (κ2) is 9.84. The van der Waals surface area contributed by atoms with Gasteiger partial charge in [0.1, 0.15) is 23.4 Å². The van der Waals surface area contributed by atoms with Gasteiger partial charge in [0.25, 0.3) is 5.91 Å². The number of rotatable bonds is 8. The number of aryl methyl sites for hydroxylation is 1. The highest BCUT2D eigenvalue weighted by Crippen LogP contribution is 2.29. The molecule has 3 rings (SSSR count). The molecule has 0 spiro atoms. The minimum atomic E-state index is -1.17. The standard InChI is InChI=1S/C23H28N2O7/c1-12(2)20(21(27)24-13(3)22(28)29)25-19(26)11-31-14-8-9-16-15-6-4-5-7-17(15)23(30)32-18(16)10-14/h8-10,12-13,20H,4-7,11H2,1-3H3,(H,24,27)(H,25,26)(H,28,29). The number of ether oxygens (including phenoxy) is 1. The number of carboxylic acid groups (broad SMARTS) is 1. The number of hydrogen-bond donors (Lipinski definition) is 3. The van der Waals surface area contributed by atoms with E-state index < -0.39 is 29.9 Å². The van der Waals surface area contributed by atoms with Crippen molar-refractivity contribution in [1.29, 1.82) is 0 Å². The van der Waals surface area contributed by atoms with Crippen molar-refractivity contribution < 1.29 is 28.6 Å². The van der Waals surface area contributed by atoms with Crippen LogP contribution in [0.2, 0.25) is 0 Å². The Balaban J connectivity index is 1.66. The first-order valence-corrected chi connectivity index (χ1v) is 10.7. The maximum absolute atomic E-state index is 12.4. The van der Waals surface area contributed by atoms with Crippen molar-refractivity contribution in [2.24, 2.45) is 5.92 Å². The third kappa shape index (κ3) is 5.27. The summed E-state index contributed by atoms with van der Waals surface area (Å²) in [5.74, 6) is -2.19. The molecule has 9 nitrogen and oxygen atoms in total. The van der Waals surface area contributed by atoms with Crippen LogP contribution in [0.15, 0.2) is 27.4 Å². The Morgan fingerprint density at radius 1 is 1.09 bits per heavy atom. The highest BCUT2D eigenvalue weighted by atomic mass is 16.5. The zero-order valence-electron chi connectivity index (χ0n) is 18.4. The molecule has 0 fully saturated rings. The Kier molecular flexibility index (Phi) is 7.17. The molecule has 1 heterocycles. The first-order valence-electron chi connectivity index (χ1n) is 10.7. The van der Waals surface area contributed by atoms with Crippen molar-refractivity contribution in [3.05, 3.63) is 39.7 Å². The average Bonchev–Trinajstić information content (AvgIpc) is 2.75. The predicted molar refractivity (Wildman–Crippen MR) is 117 cm³/mol. The maximum atomic E-state index is 12.4. The van der Waals surface area contributed by atoms with Crippen molar-refractivity contribution >= 4 is 28.8 Å². The van der Waals surface area contributed by atoms with Gasteiger partial charge in [-0.3, -0.25) is 14.4 Å². The van der Waals surface area contributed by atoms with Gasteiger partial charge in [-0.25, -0.2) is 4.79 Å². The van der Waals surface area contributed by atoms with E-state index in [0.717, 1.165) is 42.2 Å². The van der Waals surface area contributed by atoms with Crippen LogP contribution in [0.25, 0.3) is 11.0 Å². The fourth-order valence-electron chi connectivity index (χ4n) is 3.78. The summed E-state index contributed by atoms with van der Waals surface area (Å²) in [5, 5.41) is 14.8. The molecule has 3 N–H and O–H groups in total. The van der Waals surface area contributed by atoms with Crippen LogP contribution in [0.5, 0.6) is 5.75 Å². The van der Waals surface area contributed by atoms with E-state index in [1.54, 1.807) is 26.0 Å². The molecule has 172 valence electrons. The number of carboxylic acids is 1. The molecule has 2 amide bonds. The van der Waals surface area contributed by atoms with Gasteiger partial charge in [0, 0.05) is 17.0 Å². The Morgan fingerprint density at radius 2 is 1.78 bits per heavy atom. The molecule has 1 aromatic carbocycles. The molecule has 9 heteroatoms. The monoisotopic (exact) mass is 444 g/mol. The number of carbonyl (C=O) groups is 3. The lowest BCUT2D eigenvalue weighted by atomic mass is 9.91. The predicted octanol–water partition coefficient (Wildman–Crippen LogP) is 1.78. The van der Waals surface area contributed by atoms with Crippen molar-refractivity contribution in [2.75, 3.05) is 6.61 Å². The average molecular weight is 444 g/mol. The van der Waals surface area contributed by atoms with E-state index in [1.807, 2.05) is 6.07 Å². The molecule has 0 saturated carbocycles. The summed E-state index contributed by atoms with van der Waals surface area (Å²) in [6, 6.07) is 3.14. The van der Waals surface area contributed by atoms with Crippen molar-refractivity contribution in [2.45, 2.75) is 58.5 Å². The zero-order valence-corrected chi connectivity index (χ0v) is 18.4. The van der Waals surface area contributed by atoms with E-state index in [2.05, 4.69) is 10.6 Å². The van der Waals surface area contributed by atoms with Crippen molar-refractivity contribution in [3.63, 3.8) is 0 Å². The fraction of sp³-hybridized carbons (Fsp3) is 0.478. The third-order valence-electron chi connectivity index (χ3n) is 5.56. The van der Waals surface area contributed by atoms with Crippen LogP contribution in [-0.4, -0.2) is 41.6 Å². The molecule has 2 aromatic rings. The highest BCUT2D eigenvalue weighted by Gasteiger charge is 2.27. The molecule has 32 heavy (non-hydrogen) atoms. The molecular formula is C23H28N2O7. The van der Waals surface area contributed by atoms with Gasteiger partial charge in [-0.05, 0) is 56.2 Å². The first-order chi connectivity index (χ1) is 15.2. The van der Waals surface area contributed by atoms with Gasteiger partial charge in [0.2, 0.25) is 5.91 Å². The van der Waals surface area contributed by atoms with Gasteiger partial charge in [0.15, 0.2) is 6.61 Å². The molecule has 2 unspecified atom stereocenters. The molecule has 0 aliphatic heterocycles. The SMILES string of the molecule is CC(NC(=O)C(NC(=O)COc1ccc2c3c(c(=O)oc2c1)CCCC3)C(C)C)C(=O)O. The molecule has 1 aliphatic carbocycles. The van der Waals surface area contributed by atoms with E-state index in [9.17, 15) is 19.2 Å². The molecule has 0 radical (unpaired) electrons. The summed E-state index contributed by atoms with van der Waals surface area (Å²) >= 11 is 0. The Morgan fingerprint density at radius 3 is 2.44 bits per heavy atom. The van der Waals surface area contributed by atoms with Crippen molar-refractivity contribution in [3.8, 4) is 5.75 Å². The number of hydrogen-bond acceptors (Lipinski definition) is 6. The van der Waals surface area contributed by atoms with Gasteiger partial charge in [-0.2, -0.15) is 0 Å². The minimum Gasteiger partial charge on any atom is -0.484 e. The van der Waals surface area contributed by atoms with Gasteiger partial charge in [0.05, 0.1) is 0 Å². The third-order valence-corrected chi connectivity index (χ3v) is 5.56. The van der Waals surface area contributed by atoms with Crippen LogP contribution in [0.4, 0.5) is 0 Å². The van der Waals surface area contributed by atoms with Crippen LogP contribution < -0.4 is 21.0 Å². The van der Waals surface area contributed by atoms with E-state index in [-0.39, 0.29) is 18.2 Å². The second-order valence-corrected chi connectivity index (χ2v) is 8.36. The quantitative estimate of drug-likeness (QED) is 0.528. The molecule has 1 aliphatic rings. The highest BCUT2D eigenvalue weighted by molar-refractivity contribution is 5.91. The van der Waals surface area contributed by atoms with E-state index in [0.29, 0.717) is 11.3 Å². The Hall–Kier alpha value is -3.36. The lowest BCUT2D eigenvalue weighted by Crippen LogP contribution is -2.53. The lowest BCUT2D eigenvalue weighted by Gasteiger charge is -2.23. The minimum absolute atomic E-state index is 0.263. The normalized spacial score (nSPS) is 15.0. The summed E-state index contributed by atoms with van der Waals surface area (Å²) < 4.78 is 11.0. The summed E-state index contributed by atoms with van der Waals surface area (Å²) in [5.41, 5.74) is 1.85. The topological polar surface area (TPSA) is 135 Å². The second-order valence-electron chi connectivity index (χ2n) is 8.36. The molecular weight excluding hydrogens is 416 g/mol. The lowest BCUT2D eigenvalue weighted by molar-refractivity contribution is -0.142. The summed E-state index contributed by atoms with van der Waals surface area (Å²) in [6.45, 7) is 4.47. The van der Waals surface area contributed by atoms with E-state index in [4.69, 9.17) is 14.3 Å². The number of nitrogens with one attached hydrogen (secondary N) is 2. The van der Waals surface area contributed by atoms with Crippen molar-refractivity contribution in [1.82, 2.24) is 10.6 Å². The van der Waals surface area contributed by atoms with Crippen LogP contribution in [0, 0.1) is 5.92 Å². The first kappa shape index (κ1) is 23.3. The molecule has 0 saturated heterocycles. The Bertz CT molecular complexity index is 1090. The molecule has 2 atom stereocenters. The van der Waals surface area contributed by atoms with Crippen LogP contribution in [0.3, 0.4) is 0 Å². The van der Waals surface area contributed by atoms with Gasteiger partial charge >= 0.3 is 11.6 Å². The maximum Gasteiger partial charge on any atom is 0.339 e. The van der Waals surface area contributed by atoms with Gasteiger partial charge in [-0.15, -0.1) is 0 Å². The fourth-order valence-corrected chi connectivity index (χ4v) is 3.78. The van der Waals surface area contributed by atoms with Crippen LogP contribution in [-0.2, 0) is 27.2 Å². The van der Waals surface area contributed by atoms with E-state index >= 15 is 0 Å². The zero-order chi connectivity index (χ0) is 23.4. The number of benzene rings is 1.